The van der Waals surface area contributed by atoms with E-state index in [2.05, 4.69) is 0 Å². The van der Waals surface area contributed by atoms with Crippen molar-refractivity contribution in [3.8, 4) is 0 Å². The number of hydrogen-bond donors (Lipinski definition) is 2. The average Bonchev–Trinajstić information content (AvgIpc) is 3.20. The van der Waals surface area contributed by atoms with E-state index in [0.717, 1.165) is 47.6 Å². The Bertz CT molecular complexity index is 1560. The molecule has 0 radical (unpaired) electrons. The Morgan fingerprint density at radius 2 is 1.26 bits per heavy atom. The molecule has 0 bridgehead atoms. The Kier molecular flexibility index (Phi) is 12.3. The zero-order valence-corrected chi connectivity index (χ0v) is 31.8. The Morgan fingerprint density at radius 1 is 0.736 bits per heavy atom. The molecule has 3 aliphatic rings. The lowest BCUT2D eigenvalue weighted by Crippen LogP contribution is -2.72. The topological polar surface area (TPSA) is 242 Å². The maximum absolute atomic E-state index is 14.7. The van der Waals surface area contributed by atoms with Crippen molar-refractivity contribution in [3.63, 3.8) is 0 Å². The van der Waals surface area contributed by atoms with E-state index in [1.54, 1.807) is 0 Å². The first-order valence-corrected chi connectivity index (χ1v) is 17.1. The molecule has 2 N–H and O–H groups in total. The summed E-state index contributed by atoms with van der Waals surface area (Å²) < 4.78 is 40.8. The summed E-state index contributed by atoms with van der Waals surface area (Å²) in [6.45, 7) is 13.1. The molecule has 0 unspecified atom stereocenters. The lowest BCUT2D eigenvalue weighted by atomic mass is 9.66. The van der Waals surface area contributed by atoms with Crippen LogP contribution in [0.1, 0.15) is 95.4 Å². The Labute approximate surface area is 306 Å². The van der Waals surface area contributed by atoms with Crippen LogP contribution < -0.4 is 0 Å². The van der Waals surface area contributed by atoms with Crippen LogP contribution in [-0.2, 0) is 71.5 Å². The first kappa shape index (κ1) is 43.0. The molecule has 17 heteroatoms. The number of carbonyl (C=O) groups is 8. The third-order valence-corrected chi connectivity index (χ3v) is 9.70. The van der Waals surface area contributed by atoms with Gasteiger partial charge in [-0.15, -0.1) is 0 Å². The van der Waals surface area contributed by atoms with Gasteiger partial charge in [0.05, 0.1) is 11.8 Å². The van der Waals surface area contributed by atoms with Gasteiger partial charge in [0.1, 0.15) is 16.8 Å². The van der Waals surface area contributed by atoms with Gasteiger partial charge in [-0.3, -0.25) is 38.4 Å². The lowest BCUT2D eigenvalue weighted by molar-refractivity contribution is -0.272. The first-order valence-electron chi connectivity index (χ1n) is 17.1. The molecule has 17 nitrogen and oxygen atoms in total. The van der Waals surface area contributed by atoms with E-state index in [1.807, 2.05) is 0 Å². The van der Waals surface area contributed by atoms with Gasteiger partial charge in [0.2, 0.25) is 0 Å². The maximum Gasteiger partial charge on any atom is 0.308 e. The van der Waals surface area contributed by atoms with Crippen LogP contribution >= 0.6 is 0 Å². The van der Waals surface area contributed by atoms with Crippen molar-refractivity contribution < 1.29 is 81.7 Å². The first-order chi connectivity index (χ1) is 24.1. The van der Waals surface area contributed by atoms with Gasteiger partial charge in [0.15, 0.2) is 41.9 Å². The number of esters is 7. The lowest BCUT2D eigenvalue weighted by Gasteiger charge is -2.53. The highest BCUT2D eigenvalue weighted by atomic mass is 16.7. The number of ether oxygens (including phenoxy) is 7. The van der Waals surface area contributed by atoms with Crippen LogP contribution in [0.5, 0.6) is 0 Å². The number of Topliss-reactive ketones (excluding diaryl/α,β-unsaturated/α-hetero) is 1. The van der Waals surface area contributed by atoms with E-state index in [-0.39, 0.29) is 0 Å². The van der Waals surface area contributed by atoms with Gasteiger partial charge in [0, 0.05) is 59.3 Å². The van der Waals surface area contributed by atoms with E-state index < -0.39 is 137 Å². The molecule has 2 fully saturated rings. The zero-order chi connectivity index (χ0) is 40.6. The molecule has 0 aromatic carbocycles. The third-order valence-electron chi connectivity index (χ3n) is 9.70. The van der Waals surface area contributed by atoms with Crippen molar-refractivity contribution >= 4 is 47.6 Å². The molecule has 1 saturated heterocycles. The Hall–Kier alpha value is -4.38. The summed E-state index contributed by atoms with van der Waals surface area (Å²) >= 11 is 0. The van der Waals surface area contributed by atoms with Crippen molar-refractivity contribution in [3.05, 3.63) is 12.2 Å². The van der Waals surface area contributed by atoms with E-state index >= 15 is 0 Å². The quantitative estimate of drug-likeness (QED) is 0.212. The van der Waals surface area contributed by atoms with Gasteiger partial charge in [-0.2, -0.15) is 0 Å². The van der Waals surface area contributed by atoms with Gasteiger partial charge in [-0.05, 0) is 19.9 Å². The summed E-state index contributed by atoms with van der Waals surface area (Å²) in [6.07, 6.45) is -9.44. The normalized spacial score (nSPS) is 37.2. The molecular formula is C36H50O17. The predicted molar refractivity (Wildman–Crippen MR) is 177 cm³/mol. The molecule has 3 rings (SSSR count). The maximum atomic E-state index is 14.7. The number of ketones is 1. The molecule has 296 valence electrons. The van der Waals surface area contributed by atoms with Crippen LogP contribution in [0.3, 0.4) is 0 Å². The standard InChI is InChI=1S/C36H50O17/c1-17(2)30(43)51-29-25(47-18(3)37)28(49-20(5)39)32(8,9)14-15-33(10,45)31(44)35(46)16-34(11,52-21(6)40)26(48-19(4)38)24(35)27-36(29,53-22(7)41)13-12-23(42)50-27/h14-15,17,24-29,45-46H,12-13,16H2,1-11H3/b15-14-/t24-,25+,26-,27-,28-,29-,33-,34-,35-,36+/m1/s1. The van der Waals surface area contributed by atoms with Crippen LogP contribution in [0.15, 0.2) is 12.2 Å². The molecule has 1 aliphatic heterocycles. The average molecular weight is 755 g/mol. The Morgan fingerprint density at radius 3 is 1.75 bits per heavy atom. The fraction of sp³-hybridized carbons (Fsp3) is 0.722. The van der Waals surface area contributed by atoms with Crippen molar-refractivity contribution in [1.82, 2.24) is 0 Å². The largest absolute Gasteiger partial charge is 0.458 e. The predicted octanol–water partition coefficient (Wildman–Crippen LogP) is 1.35. The SMILES string of the molecule is CC(=O)O[C@H]1[C@@H](OC(C)=O)C(C)(C)/C=C\[C@@](C)(O)C(=O)[C@@]2(O)C[C@@](C)(OC(C)=O)[C@H](OC(C)=O)[C@@H]2[C@H]2OC(=O)CC[C@@]2(OC(C)=O)[C@@H]1OC(=O)C(C)C. The smallest absolute Gasteiger partial charge is 0.308 e. The molecule has 0 amide bonds. The van der Waals surface area contributed by atoms with Crippen molar-refractivity contribution in [1.29, 1.82) is 0 Å². The number of carbonyl (C=O) groups excluding carboxylic acids is 8. The monoisotopic (exact) mass is 754 g/mol. The highest BCUT2D eigenvalue weighted by Gasteiger charge is 2.75. The fourth-order valence-corrected chi connectivity index (χ4v) is 7.67. The molecule has 1 heterocycles. The summed E-state index contributed by atoms with van der Waals surface area (Å²) in [7, 11) is 0. The highest BCUT2D eigenvalue weighted by molar-refractivity contribution is 5.97. The van der Waals surface area contributed by atoms with Gasteiger partial charge in [-0.1, -0.05) is 33.8 Å². The summed E-state index contributed by atoms with van der Waals surface area (Å²) in [5, 5.41) is 24.5. The molecule has 0 aromatic heterocycles. The van der Waals surface area contributed by atoms with Gasteiger partial charge >= 0.3 is 41.8 Å². The molecular weight excluding hydrogens is 704 g/mol. The van der Waals surface area contributed by atoms with Gasteiger partial charge in [0.25, 0.3) is 0 Å². The molecule has 2 aliphatic carbocycles. The van der Waals surface area contributed by atoms with Crippen LogP contribution in [0.2, 0.25) is 0 Å². The molecule has 53 heavy (non-hydrogen) atoms. The fourth-order valence-electron chi connectivity index (χ4n) is 7.67. The second kappa shape index (κ2) is 15.2. The van der Waals surface area contributed by atoms with Crippen LogP contribution in [0.25, 0.3) is 0 Å². The van der Waals surface area contributed by atoms with Crippen molar-refractivity contribution in [2.24, 2.45) is 17.3 Å². The van der Waals surface area contributed by atoms with Crippen LogP contribution in [-0.4, -0.2) is 111 Å². The van der Waals surface area contributed by atoms with Crippen molar-refractivity contribution in [2.45, 2.75) is 148 Å². The summed E-state index contributed by atoms with van der Waals surface area (Å²) in [5.41, 5.74) is -11.7. The number of aliphatic hydroxyl groups is 2. The molecule has 10 atom stereocenters. The van der Waals surface area contributed by atoms with E-state index in [1.165, 1.54) is 40.7 Å². The van der Waals surface area contributed by atoms with Crippen LogP contribution in [0.4, 0.5) is 0 Å². The van der Waals surface area contributed by atoms with Gasteiger partial charge in [-0.25, -0.2) is 0 Å². The third kappa shape index (κ3) is 8.72. The number of fused-ring (bicyclic) bond motifs is 3. The van der Waals surface area contributed by atoms with E-state index in [4.69, 9.17) is 33.2 Å². The molecule has 1 saturated carbocycles. The van der Waals surface area contributed by atoms with Crippen LogP contribution in [0, 0.1) is 17.3 Å². The second-order valence-corrected chi connectivity index (χ2v) is 15.3. The minimum absolute atomic E-state index is 0.552. The van der Waals surface area contributed by atoms with Gasteiger partial charge < -0.3 is 43.4 Å². The number of hydrogen-bond acceptors (Lipinski definition) is 17. The summed E-state index contributed by atoms with van der Waals surface area (Å²) in [5.74, 6) is -11.2. The number of rotatable bonds is 7. The molecule has 0 aromatic rings. The van der Waals surface area contributed by atoms with E-state index in [0.29, 0.717) is 0 Å². The minimum atomic E-state index is -2.95. The molecule has 0 spiro atoms. The minimum Gasteiger partial charge on any atom is -0.458 e. The highest BCUT2D eigenvalue weighted by Crippen LogP contribution is 2.56. The second-order valence-electron chi connectivity index (χ2n) is 15.3. The van der Waals surface area contributed by atoms with E-state index in [9.17, 15) is 48.6 Å². The summed E-state index contributed by atoms with van der Waals surface area (Å²) in [6, 6.07) is 0. The van der Waals surface area contributed by atoms with Crippen molar-refractivity contribution in [2.75, 3.05) is 0 Å². The Balaban J connectivity index is 2.70. The summed E-state index contributed by atoms with van der Waals surface area (Å²) in [4.78, 5) is 106. The zero-order valence-electron chi connectivity index (χ0n) is 31.8.